The van der Waals surface area contributed by atoms with E-state index in [1.807, 2.05) is 30.3 Å². The second kappa shape index (κ2) is 6.89. The molecule has 0 atom stereocenters. The van der Waals surface area contributed by atoms with Crippen LogP contribution in [-0.2, 0) is 17.6 Å². The first-order chi connectivity index (χ1) is 12.3. The second-order valence-electron chi connectivity index (χ2n) is 6.47. The first-order valence-corrected chi connectivity index (χ1v) is 8.55. The molecule has 0 aliphatic carbocycles. The summed E-state index contributed by atoms with van der Waals surface area (Å²) >= 11 is 0. The molecular weight excluding hydrogens is 308 g/mol. The van der Waals surface area contributed by atoms with Crippen molar-refractivity contribution in [3.05, 3.63) is 102 Å². The molecule has 2 aromatic carbocycles. The van der Waals surface area contributed by atoms with Gasteiger partial charge in [-0.25, -0.2) is 4.99 Å². The Balaban J connectivity index is 1.68. The van der Waals surface area contributed by atoms with Crippen LogP contribution in [0.5, 0.6) is 0 Å². The first-order valence-electron chi connectivity index (χ1n) is 8.55. The number of rotatable bonds is 5. The minimum absolute atomic E-state index is 0.296. The lowest BCUT2D eigenvalue weighted by molar-refractivity contribution is 0.251. The van der Waals surface area contributed by atoms with Crippen molar-refractivity contribution in [1.29, 1.82) is 0 Å². The highest BCUT2D eigenvalue weighted by molar-refractivity contribution is 5.93. The number of benzene rings is 2. The van der Waals surface area contributed by atoms with Gasteiger partial charge in [-0.2, -0.15) is 0 Å². The highest BCUT2D eigenvalue weighted by atomic mass is 16.5. The van der Waals surface area contributed by atoms with Crippen LogP contribution in [0.25, 0.3) is 0 Å². The molecule has 0 saturated heterocycles. The maximum absolute atomic E-state index is 5.99. The van der Waals surface area contributed by atoms with Crippen molar-refractivity contribution in [3.63, 3.8) is 0 Å². The standard InChI is InChI=1S/C22H20N2O/c1-3-9-18(10-4-1)15-22(16-19-11-5-2-6-12-19)17-25-21(24-22)20-13-7-8-14-23-20/h1-14H,15-17H2. The molecule has 3 nitrogen and oxygen atoms in total. The van der Waals surface area contributed by atoms with Crippen molar-refractivity contribution in [2.24, 2.45) is 4.99 Å². The molecule has 3 aromatic rings. The fourth-order valence-electron chi connectivity index (χ4n) is 3.30. The Morgan fingerprint density at radius 1 is 0.760 bits per heavy atom. The molecule has 1 aliphatic heterocycles. The van der Waals surface area contributed by atoms with E-state index in [0.29, 0.717) is 12.5 Å². The summed E-state index contributed by atoms with van der Waals surface area (Å²) in [7, 11) is 0. The summed E-state index contributed by atoms with van der Waals surface area (Å²) < 4.78 is 5.99. The lowest BCUT2D eigenvalue weighted by atomic mass is 9.86. The van der Waals surface area contributed by atoms with Crippen LogP contribution in [0, 0.1) is 0 Å². The molecule has 0 spiro atoms. The zero-order chi connectivity index (χ0) is 17.0. The number of hydrogen-bond donors (Lipinski definition) is 0. The van der Waals surface area contributed by atoms with Gasteiger partial charge in [-0.3, -0.25) is 4.98 Å². The van der Waals surface area contributed by atoms with Crippen LogP contribution in [0.2, 0.25) is 0 Å². The number of pyridine rings is 1. The van der Waals surface area contributed by atoms with Crippen molar-refractivity contribution < 1.29 is 4.74 Å². The van der Waals surface area contributed by atoms with Gasteiger partial charge >= 0.3 is 0 Å². The molecule has 0 amide bonds. The van der Waals surface area contributed by atoms with Crippen molar-refractivity contribution in [2.45, 2.75) is 18.4 Å². The van der Waals surface area contributed by atoms with E-state index in [-0.39, 0.29) is 5.54 Å². The Morgan fingerprint density at radius 3 is 1.92 bits per heavy atom. The van der Waals surface area contributed by atoms with Crippen molar-refractivity contribution in [1.82, 2.24) is 4.98 Å². The Morgan fingerprint density at radius 2 is 1.36 bits per heavy atom. The number of aliphatic imine (C=N–C) groups is 1. The van der Waals surface area contributed by atoms with E-state index in [0.717, 1.165) is 18.5 Å². The van der Waals surface area contributed by atoms with Crippen LogP contribution in [0.15, 0.2) is 90.1 Å². The van der Waals surface area contributed by atoms with E-state index in [1.165, 1.54) is 11.1 Å². The Hall–Kier alpha value is -2.94. The molecule has 25 heavy (non-hydrogen) atoms. The van der Waals surface area contributed by atoms with Crippen LogP contribution in [0.4, 0.5) is 0 Å². The molecule has 0 N–H and O–H groups in total. The monoisotopic (exact) mass is 328 g/mol. The van der Waals surface area contributed by atoms with Gasteiger partial charge in [0, 0.05) is 19.0 Å². The topological polar surface area (TPSA) is 34.5 Å². The van der Waals surface area contributed by atoms with E-state index in [2.05, 4.69) is 53.5 Å². The average Bonchev–Trinajstić information content (AvgIpc) is 3.08. The number of nitrogens with zero attached hydrogens (tertiary/aromatic N) is 2. The average molecular weight is 328 g/mol. The summed E-state index contributed by atoms with van der Waals surface area (Å²) in [4.78, 5) is 9.40. The normalized spacial score (nSPS) is 15.4. The molecule has 0 fully saturated rings. The number of aromatic nitrogens is 1. The summed E-state index contributed by atoms with van der Waals surface area (Å²) in [5.74, 6) is 0.646. The quantitative estimate of drug-likeness (QED) is 0.707. The molecule has 0 radical (unpaired) electrons. The predicted octanol–water partition coefficient (Wildman–Crippen LogP) is 4.08. The minimum atomic E-state index is -0.296. The summed E-state index contributed by atoms with van der Waals surface area (Å²) in [6.07, 6.45) is 3.47. The molecule has 0 unspecified atom stereocenters. The summed E-state index contributed by atoms with van der Waals surface area (Å²) in [6, 6.07) is 26.8. The first kappa shape index (κ1) is 15.6. The maximum atomic E-state index is 5.99. The van der Waals surface area contributed by atoms with E-state index < -0.39 is 0 Å². The fourth-order valence-corrected chi connectivity index (χ4v) is 3.30. The van der Waals surface area contributed by atoms with Crippen molar-refractivity contribution >= 4 is 5.90 Å². The van der Waals surface area contributed by atoms with Gasteiger partial charge in [0.15, 0.2) is 0 Å². The van der Waals surface area contributed by atoms with Crippen molar-refractivity contribution in [3.8, 4) is 0 Å². The Kier molecular flexibility index (Phi) is 4.30. The van der Waals surface area contributed by atoms with E-state index in [9.17, 15) is 0 Å². The summed E-state index contributed by atoms with van der Waals surface area (Å²) in [6.45, 7) is 0.572. The molecule has 0 bridgehead atoms. The lowest BCUT2D eigenvalue weighted by Crippen LogP contribution is -2.34. The van der Waals surface area contributed by atoms with Gasteiger partial charge in [-0.1, -0.05) is 66.7 Å². The molecule has 1 aromatic heterocycles. The Labute approximate surface area is 148 Å². The van der Waals surface area contributed by atoms with Gasteiger partial charge in [0.05, 0.1) is 0 Å². The molecule has 3 heteroatoms. The van der Waals surface area contributed by atoms with E-state index in [4.69, 9.17) is 9.73 Å². The molecule has 0 saturated carbocycles. The number of ether oxygens (including phenoxy) is 1. The van der Waals surface area contributed by atoms with Crippen LogP contribution in [0.3, 0.4) is 0 Å². The third kappa shape index (κ3) is 3.61. The molecule has 1 aliphatic rings. The van der Waals surface area contributed by atoms with Crippen molar-refractivity contribution in [2.75, 3.05) is 6.61 Å². The molecule has 2 heterocycles. The van der Waals surface area contributed by atoms with Crippen LogP contribution in [0.1, 0.15) is 16.8 Å². The van der Waals surface area contributed by atoms with Gasteiger partial charge in [0.25, 0.3) is 0 Å². The SMILES string of the molecule is c1ccc(CC2(Cc3ccccc3)COC(c3ccccn3)=N2)cc1. The Bertz CT molecular complexity index is 803. The zero-order valence-corrected chi connectivity index (χ0v) is 14.0. The highest BCUT2D eigenvalue weighted by Crippen LogP contribution is 2.29. The predicted molar refractivity (Wildman–Crippen MR) is 99.7 cm³/mol. The van der Waals surface area contributed by atoms with Crippen LogP contribution >= 0.6 is 0 Å². The highest BCUT2D eigenvalue weighted by Gasteiger charge is 2.37. The van der Waals surface area contributed by atoms with Gasteiger partial charge < -0.3 is 4.74 Å². The third-order valence-corrected chi connectivity index (χ3v) is 4.45. The third-order valence-electron chi connectivity index (χ3n) is 4.45. The van der Waals surface area contributed by atoms with E-state index >= 15 is 0 Å². The molecule has 124 valence electrons. The van der Waals surface area contributed by atoms with Gasteiger partial charge in [-0.15, -0.1) is 0 Å². The smallest absolute Gasteiger partial charge is 0.236 e. The van der Waals surface area contributed by atoms with Gasteiger partial charge in [-0.05, 0) is 23.3 Å². The largest absolute Gasteiger partial charge is 0.474 e. The minimum Gasteiger partial charge on any atom is -0.474 e. The number of hydrogen-bond acceptors (Lipinski definition) is 3. The molecular formula is C22H20N2O. The van der Waals surface area contributed by atoms with Gasteiger partial charge in [0.2, 0.25) is 5.90 Å². The summed E-state index contributed by atoms with van der Waals surface area (Å²) in [5.41, 5.74) is 3.04. The van der Waals surface area contributed by atoms with E-state index in [1.54, 1.807) is 6.20 Å². The van der Waals surface area contributed by atoms with Crippen LogP contribution in [-0.4, -0.2) is 23.0 Å². The lowest BCUT2D eigenvalue weighted by Gasteiger charge is -2.24. The van der Waals surface area contributed by atoms with Crippen LogP contribution < -0.4 is 0 Å². The van der Waals surface area contributed by atoms with Gasteiger partial charge in [0.1, 0.15) is 17.8 Å². The fraction of sp³-hybridized carbons (Fsp3) is 0.182. The zero-order valence-electron chi connectivity index (χ0n) is 14.0. The molecule has 4 rings (SSSR count). The maximum Gasteiger partial charge on any atom is 0.236 e. The summed E-state index contributed by atoms with van der Waals surface area (Å²) in [5, 5.41) is 0. The second-order valence-corrected chi connectivity index (χ2v) is 6.47.